The largest absolute Gasteiger partial charge is 0.456 e. The zero-order valence-corrected chi connectivity index (χ0v) is 43.5. The van der Waals surface area contributed by atoms with Crippen molar-refractivity contribution in [2.45, 2.75) is 94.6 Å². The van der Waals surface area contributed by atoms with E-state index < -0.39 is 30.6 Å². The molecule has 4 aromatic rings. The Balaban J connectivity index is 0.911. The van der Waals surface area contributed by atoms with Gasteiger partial charge in [-0.15, -0.1) is 0 Å². The van der Waals surface area contributed by atoms with E-state index in [0.717, 1.165) is 85.9 Å². The first-order chi connectivity index (χ1) is 34.5. The number of unbranched alkanes of at least 4 members (excludes halogenated alkanes) is 2. The van der Waals surface area contributed by atoms with Crippen LogP contribution in [0.25, 0.3) is 33.4 Å². The predicted molar refractivity (Wildman–Crippen MR) is 279 cm³/mol. The van der Waals surface area contributed by atoms with Gasteiger partial charge < -0.3 is 24.3 Å². The second-order valence-corrected chi connectivity index (χ2v) is 21.4. The molecule has 0 spiro atoms. The maximum absolute atomic E-state index is 13.9. The van der Waals surface area contributed by atoms with E-state index in [0.29, 0.717) is 72.3 Å². The lowest BCUT2D eigenvalue weighted by molar-refractivity contribution is -0.121. The summed E-state index contributed by atoms with van der Waals surface area (Å²) in [6.07, 6.45) is 4.06. The van der Waals surface area contributed by atoms with Crippen molar-refractivity contribution in [3.8, 4) is 28.5 Å². The standard InChI is InChI=1S/C55H65FN6O8S2/c1-6-61(7-2)43-21-24-46-50(34-43)70-51-35-44(62(8-3)9-4)22-25-47(51)54(46)48-26-23-45(36-52(48)72(66,67)68)71(64,65)59-30-12-10-11-15-53(63)58-29-14-32-60(5)31-13-28-55(41-17-19-42(56)20-18-41)49-27-16-39(37-57)33-40(49)38-69-55/h16-27,33-36,59H,6-15,28-32,38H2,1-5H3,(H-,58,63,66,67,68)/p+1/t55-/m0/s1. The van der Waals surface area contributed by atoms with Gasteiger partial charge in [-0.05, 0) is 151 Å². The van der Waals surface area contributed by atoms with E-state index >= 15 is 0 Å². The first-order valence-electron chi connectivity index (χ1n) is 24.9. The third kappa shape index (κ3) is 12.2. The molecule has 17 heteroatoms. The van der Waals surface area contributed by atoms with E-state index in [1.807, 2.05) is 55.6 Å². The third-order valence-electron chi connectivity index (χ3n) is 13.7. The molecule has 14 nitrogen and oxygen atoms in total. The molecule has 0 saturated carbocycles. The lowest BCUT2D eigenvalue weighted by Crippen LogP contribution is -2.31. The van der Waals surface area contributed by atoms with Crippen molar-refractivity contribution < 1.29 is 39.7 Å². The van der Waals surface area contributed by atoms with Crippen LogP contribution in [0.2, 0.25) is 0 Å². The van der Waals surface area contributed by atoms with Crippen LogP contribution in [0.4, 0.5) is 10.1 Å². The molecule has 0 aromatic heterocycles. The topological polar surface area (TPSA) is 185 Å². The highest BCUT2D eigenvalue weighted by Gasteiger charge is 2.41. The molecule has 4 aromatic carbocycles. The van der Waals surface area contributed by atoms with E-state index in [-0.39, 0.29) is 35.1 Å². The maximum Gasteiger partial charge on any atom is 0.295 e. The fourth-order valence-electron chi connectivity index (χ4n) is 9.83. The Bertz CT molecular complexity index is 3200. The van der Waals surface area contributed by atoms with Crippen LogP contribution in [-0.4, -0.2) is 91.6 Å². The number of halogens is 1. The molecule has 0 radical (unpaired) electrons. The summed E-state index contributed by atoms with van der Waals surface area (Å²) >= 11 is 0. The second-order valence-electron chi connectivity index (χ2n) is 18.2. The number of carbonyl (C=O) groups excluding carboxylic acids is 1. The first-order valence-corrected chi connectivity index (χ1v) is 27.8. The average Bonchev–Trinajstić information content (AvgIpc) is 3.74. The number of amides is 1. The molecule has 0 saturated heterocycles. The molecular weight excluding hydrogens is 956 g/mol. The van der Waals surface area contributed by atoms with Crippen molar-refractivity contribution in [1.29, 1.82) is 5.26 Å². The van der Waals surface area contributed by atoms with Crippen molar-refractivity contribution >= 4 is 42.7 Å². The Hall–Kier alpha value is -6.00. The number of nitrogens with zero attached hydrogens (tertiary/aromatic N) is 4. The van der Waals surface area contributed by atoms with Crippen molar-refractivity contribution in [1.82, 2.24) is 19.5 Å². The van der Waals surface area contributed by atoms with E-state index in [1.54, 1.807) is 18.2 Å². The molecule has 72 heavy (non-hydrogen) atoms. The van der Waals surface area contributed by atoms with Gasteiger partial charge in [-0.2, -0.15) is 13.7 Å². The molecular formula is C55H66FN6O8S2+. The van der Waals surface area contributed by atoms with Gasteiger partial charge in [0.2, 0.25) is 21.3 Å². The molecule has 0 fully saturated rings. The molecule has 2 aliphatic heterocycles. The molecule has 3 N–H and O–H groups in total. The van der Waals surface area contributed by atoms with Crippen LogP contribution in [0.1, 0.15) is 94.9 Å². The van der Waals surface area contributed by atoms with Gasteiger partial charge >= 0.3 is 0 Å². The minimum atomic E-state index is -4.94. The van der Waals surface area contributed by atoms with Crippen LogP contribution in [0, 0.1) is 17.1 Å². The van der Waals surface area contributed by atoms with Gasteiger partial charge in [0.05, 0.1) is 29.2 Å². The van der Waals surface area contributed by atoms with Gasteiger partial charge in [0.25, 0.3) is 10.1 Å². The van der Waals surface area contributed by atoms with Crippen LogP contribution < -0.4 is 24.9 Å². The van der Waals surface area contributed by atoms with Crippen molar-refractivity contribution in [2.75, 3.05) is 64.3 Å². The molecule has 382 valence electrons. The summed E-state index contributed by atoms with van der Waals surface area (Å²) in [4.78, 5) is 16.2. The number of rotatable bonds is 24. The highest BCUT2D eigenvalue weighted by molar-refractivity contribution is 7.89. The van der Waals surface area contributed by atoms with Crippen LogP contribution in [0.3, 0.4) is 0 Å². The SMILES string of the molecule is CCN(CC)c1ccc2c(-c3ccc(S(=O)(=O)NCCCCCC(=O)NCCCN(C)CCC[C@@]4(c5ccc(F)cc5)OCc5cc(C#N)ccc54)cc3S(=O)(=O)O)c3ccc(=[N+](CC)CC)cc-3oc2c1. The fourth-order valence-corrected chi connectivity index (χ4v) is 11.7. The Morgan fingerprint density at radius 3 is 2.28 bits per heavy atom. The fraction of sp³-hybridized carbons (Fsp3) is 0.400. The Morgan fingerprint density at radius 2 is 1.57 bits per heavy atom. The molecule has 0 unspecified atom stereocenters. The summed E-state index contributed by atoms with van der Waals surface area (Å²) in [5.74, 6) is 0.0949. The minimum Gasteiger partial charge on any atom is -0.456 e. The highest BCUT2D eigenvalue weighted by Crippen LogP contribution is 2.46. The number of carbonyl (C=O) groups is 1. The zero-order chi connectivity index (χ0) is 51.6. The number of hydrogen-bond donors (Lipinski definition) is 3. The zero-order valence-electron chi connectivity index (χ0n) is 41.8. The molecule has 1 amide bonds. The quantitative estimate of drug-likeness (QED) is 0.0228. The van der Waals surface area contributed by atoms with Gasteiger partial charge in [-0.25, -0.2) is 22.1 Å². The summed E-state index contributed by atoms with van der Waals surface area (Å²) in [5, 5.41) is 13.9. The molecule has 7 rings (SSSR count). The Kier molecular flexibility index (Phi) is 17.7. The predicted octanol–water partition coefficient (Wildman–Crippen LogP) is 8.65. The number of nitriles is 1. The van der Waals surface area contributed by atoms with Crippen LogP contribution in [-0.2, 0) is 41.9 Å². The summed E-state index contributed by atoms with van der Waals surface area (Å²) in [5.41, 5.74) is 5.29. The number of sulfonamides is 1. The van der Waals surface area contributed by atoms with Crippen molar-refractivity contribution in [2.24, 2.45) is 0 Å². The van der Waals surface area contributed by atoms with Crippen LogP contribution in [0.15, 0.2) is 111 Å². The van der Waals surface area contributed by atoms with E-state index in [2.05, 4.69) is 58.2 Å². The highest BCUT2D eigenvalue weighted by atomic mass is 32.2. The number of nitrogens with one attached hydrogen (secondary N) is 2. The second kappa shape index (κ2) is 23.7. The van der Waals surface area contributed by atoms with Crippen LogP contribution >= 0.6 is 0 Å². The van der Waals surface area contributed by atoms with Gasteiger partial charge in [0.15, 0.2) is 0 Å². The number of anilines is 1. The van der Waals surface area contributed by atoms with E-state index in [4.69, 9.17) is 9.15 Å². The third-order valence-corrected chi connectivity index (χ3v) is 16.0. The average molecular weight is 1020 g/mol. The summed E-state index contributed by atoms with van der Waals surface area (Å²) in [7, 11) is -7.12. The molecule has 3 aliphatic rings. The molecule has 1 atom stereocenters. The number of fused-ring (bicyclic) bond motifs is 3. The molecule has 2 heterocycles. The van der Waals surface area contributed by atoms with Crippen molar-refractivity contribution in [3.63, 3.8) is 0 Å². The summed E-state index contributed by atoms with van der Waals surface area (Å²) in [6.45, 7) is 13.7. The van der Waals surface area contributed by atoms with Gasteiger partial charge in [0.1, 0.15) is 40.7 Å². The van der Waals surface area contributed by atoms with E-state index in [1.165, 1.54) is 24.3 Å². The lowest BCUT2D eigenvalue weighted by Gasteiger charge is -2.31. The monoisotopic (exact) mass is 1020 g/mol. The Labute approximate surface area is 423 Å². The number of hydrogen-bond acceptors (Lipinski definition) is 10. The number of benzene rings is 5. The Morgan fingerprint density at radius 1 is 0.833 bits per heavy atom. The molecule has 0 bridgehead atoms. The molecule has 1 aliphatic carbocycles. The maximum atomic E-state index is 13.9. The summed E-state index contributed by atoms with van der Waals surface area (Å²) < 4.78 is 95.7. The lowest BCUT2D eigenvalue weighted by atomic mass is 9.81. The van der Waals surface area contributed by atoms with Gasteiger partial charge in [-0.1, -0.05) is 30.7 Å². The van der Waals surface area contributed by atoms with Crippen molar-refractivity contribution in [3.05, 3.63) is 130 Å². The first kappa shape index (κ1) is 53.8. The smallest absolute Gasteiger partial charge is 0.295 e. The van der Waals surface area contributed by atoms with Crippen LogP contribution in [0.5, 0.6) is 0 Å². The summed E-state index contributed by atoms with van der Waals surface area (Å²) in [6, 6.07) is 29.4. The van der Waals surface area contributed by atoms with Gasteiger partial charge in [-0.3, -0.25) is 9.35 Å². The van der Waals surface area contributed by atoms with Gasteiger partial charge in [0, 0.05) is 72.5 Å². The normalized spacial score (nSPS) is 14.7. The van der Waals surface area contributed by atoms with E-state index in [9.17, 15) is 35.8 Å². The minimum absolute atomic E-state index is 0.0598. The number of ether oxygens (including phenoxy) is 1.